The molecule has 0 atom stereocenters. The number of amides is 3. The number of hydrogen-bond acceptors (Lipinski definition) is 2. The molecule has 1 fully saturated rings. The van der Waals surface area contributed by atoms with E-state index < -0.39 is 11.9 Å². The maximum atomic E-state index is 13.9. The topological polar surface area (TPSA) is 54.3 Å². The second kappa shape index (κ2) is 4.90. The first-order valence-electron chi connectivity index (χ1n) is 6.31. The lowest BCUT2D eigenvalue weighted by Crippen LogP contribution is -2.25. The van der Waals surface area contributed by atoms with E-state index in [9.17, 15) is 14.0 Å². The van der Waals surface area contributed by atoms with Crippen LogP contribution in [0.15, 0.2) is 48.3 Å². The van der Waals surface area contributed by atoms with Gasteiger partial charge in [0.15, 0.2) is 0 Å². The van der Waals surface area contributed by atoms with Crippen LogP contribution in [0, 0.1) is 5.82 Å². The van der Waals surface area contributed by atoms with Gasteiger partial charge in [0.25, 0.3) is 5.91 Å². The minimum Gasteiger partial charge on any atom is -0.314 e. The van der Waals surface area contributed by atoms with E-state index in [-0.39, 0.29) is 11.5 Å². The Labute approximate surface area is 120 Å². The van der Waals surface area contributed by atoms with Gasteiger partial charge in [-0.3, -0.25) is 9.69 Å². The van der Waals surface area contributed by atoms with E-state index in [1.807, 2.05) is 0 Å². The fraction of sp³-hybridized carbons (Fsp3) is 0.0667. The van der Waals surface area contributed by atoms with Crippen molar-refractivity contribution in [1.82, 2.24) is 14.8 Å². The largest absolute Gasteiger partial charge is 0.328 e. The van der Waals surface area contributed by atoms with Gasteiger partial charge < -0.3 is 9.88 Å². The van der Waals surface area contributed by atoms with Crippen LogP contribution >= 0.6 is 0 Å². The molecule has 0 aliphatic carbocycles. The van der Waals surface area contributed by atoms with Gasteiger partial charge in [0.2, 0.25) is 0 Å². The van der Waals surface area contributed by atoms with Gasteiger partial charge in [0.05, 0.1) is 5.69 Å². The standard InChI is InChI=1S/C15H12FN3O2/c1-18-14(20)12(17-15(18)21)9-10-5-4-8-19(10)13-7-3-2-6-11(13)16/h2-9H,1H3,(H,17,21)/b12-9+. The molecule has 0 spiro atoms. The first kappa shape index (κ1) is 13.1. The predicted molar refractivity (Wildman–Crippen MR) is 75.0 cm³/mol. The molecule has 3 rings (SSSR count). The molecule has 1 saturated heterocycles. The van der Waals surface area contributed by atoms with Crippen molar-refractivity contribution in [2.24, 2.45) is 0 Å². The Morgan fingerprint density at radius 1 is 1.14 bits per heavy atom. The summed E-state index contributed by atoms with van der Waals surface area (Å²) in [6.45, 7) is 0. The number of hydrogen-bond donors (Lipinski definition) is 1. The van der Waals surface area contributed by atoms with Crippen molar-refractivity contribution in [1.29, 1.82) is 0 Å². The Morgan fingerprint density at radius 2 is 1.90 bits per heavy atom. The fourth-order valence-electron chi connectivity index (χ4n) is 2.15. The van der Waals surface area contributed by atoms with E-state index in [0.717, 1.165) is 4.90 Å². The number of benzene rings is 1. The summed E-state index contributed by atoms with van der Waals surface area (Å²) in [6, 6.07) is 9.33. The van der Waals surface area contributed by atoms with E-state index in [1.54, 1.807) is 41.1 Å². The van der Waals surface area contributed by atoms with Crippen molar-refractivity contribution in [2.75, 3.05) is 7.05 Å². The van der Waals surface area contributed by atoms with Gasteiger partial charge in [0, 0.05) is 18.9 Å². The highest BCUT2D eigenvalue weighted by Gasteiger charge is 2.30. The van der Waals surface area contributed by atoms with Crippen molar-refractivity contribution >= 4 is 18.0 Å². The second-order valence-electron chi connectivity index (χ2n) is 4.61. The number of nitrogens with one attached hydrogen (secondary N) is 1. The van der Waals surface area contributed by atoms with Crippen LogP contribution in [0.2, 0.25) is 0 Å². The number of carbonyl (C=O) groups is 2. The molecular weight excluding hydrogens is 273 g/mol. The number of para-hydroxylation sites is 1. The van der Waals surface area contributed by atoms with Crippen LogP contribution in [-0.4, -0.2) is 28.5 Å². The molecular formula is C15H12FN3O2. The van der Waals surface area contributed by atoms with Crippen molar-refractivity contribution < 1.29 is 14.0 Å². The summed E-state index contributed by atoms with van der Waals surface area (Å²) in [7, 11) is 1.40. The Bertz CT molecular complexity index is 764. The third-order valence-corrected chi connectivity index (χ3v) is 3.27. The Morgan fingerprint density at radius 3 is 2.57 bits per heavy atom. The Kier molecular flexibility index (Phi) is 3.06. The van der Waals surface area contributed by atoms with Gasteiger partial charge in [0.1, 0.15) is 11.5 Å². The maximum Gasteiger partial charge on any atom is 0.328 e. The maximum absolute atomic E-state index is 13.9. The SMILES string of the molecule is CN1C(=O)N/C(=C/c2cccn2-c2ccccc2F)C1=O. The van der Waals surface area contributed by atoms with Crippen LogP contribution in [0.3, 0.4) is 0 Å². The molecule has 2 aromatic rings. The van der Waals surface area contributed by atoms with E-state index in [0.29, 0.717) is 11.4 Å². The number of urea groups is 1. The zero-order valence-corrected chi connectivity index (χ0v) is 11.2. The molecule has 1 aromatic carbocycles. The molecule has 0 saturated carbocycles. The molecule has 2 heterocycles. The molecule has 1 aliphatic heterocycles. The molecule has 5 nitrogen and oxygen atoms in total. The molecule has 1 aromatic heterocycles. The van der Waals surface area contributed by atoms with E-state index in [1.165, 1.54) is 19.2 Å². The highest BCUT2D eigenvalue weighted by Crippen LogP contribution is 2.19. The van der Waals surface area contributed by atoms with Crippen LogP contribution in [0.5, 0.6) is 0 Å². The van der Waals surface area contributed by atoms with Gasteiger partial charge in [-0.25, -0.2) is 9.18 Å². The average Bonchev–Trinajstić information content (AvgIpc) is 3.01. The van der Waals surface area contributed by atoms with E-state index >= 15 is 0 Å². The average molecular weight is 285 g/mol. The number of aromatic nitrogens is 1. The molecule has 0 bridgehead atoms. The number of likely N-dealkylation sites (N-methyl/N-ethyl adjacent to an activating group) is 1. The third-order valence-electron chi connectivity index (χ3n) is 3.27. The zero-order valence-electron chi connectivity index (χ0n) is 11.2. The van der Waals surface area contributed by atoms with Gasteiger partial charge in [-0.15, -0.1) is 0 Å². The Hall–Kier alpha value is -2.89. The van der Waals surface area contributed by atoms with Crippen LogP contribution in [0.1, 0.15) is 5.69 Å². The van der Waals surface area contributed by atoms with Crippen LogP contribution < -0.4 is 5.32 Å². The molecule has 3 amide bonds. The van der Waals surface area contributed by atoms with Crippen LogP contribution in [-0.2, 0) is 4.79 Å². The second-order valence-corrected chi connectivity index (χ2v) is 4.61. The quantitative estimate of drug-likeness (QED) is 0.679. The van der Waals surface area contributed by atoms with Gasteiger partial charge in [-0.1, -0.05) is 12.1 Å². The normalized spacial score (nSPS) is 16.7. The summed E-state index contributed by atoms with van der Waals surface area (Å²) in [6.07, 6.45) is 3.21. The third kappa shape index (κ3) is 2.20. The van der Waals surface area contributed by atoms with E-state index in [2.05, 4.69) is 5.32 Å². The van der Waals surface area contributed by atoms with Gasteiger partial charge >= 0.3 is 6.03 Å². The van der Waals surface area contributed by atoms with Crippen molar-refractivity contribution in [3.8, 4) is 5.69 Å². The molecule has 106 valence electrons. The summed E-state index contributed by atoms with van der Waals surface area (Å²) in [5.74, 6) is -0.784. The monoisotopic (exact) mass is 285 g/mol. The summed E-state index contributed by atoms with van der Waals surface area (Å²) in [5.41, 5.74) is 1.14. The first-order valence-corrected chi connectivity index (χ1v) is 6.31. The van der Waals surface area contributed by atoms with E-state index in [4.69, 9.17) is 0 Å². The van der Waals surface area contributed by atoms with Crippen LogP contribution in [0.25, 0.3) is 11.8 Å². The summed E-state index contributed by atoms with van der Waals surface area (Å²) >= 11 is 0. The molecule has 0 radical (unpaired) electrons. The highest BCUT2D eigenvalue weighted by molar-refractivity contribution is 6.13. The smallest absolute Gasteiger partial charge is 0.314 e. The fourth-order valence-corrected chi connectivity index (χ4v) is 2.15. The summed E-state index contributed by atoms with van der Waals surface area (Å²) in [4.78, 5) is 24.3. The van der Waals surface area contributed by atoms with Gasteiger partial charge in [-0.2, -0.15) is 0 Å². The van der Waals surface area contributed by atoms with Crippen molar-refractivity contribution in [2.45, 2.75) is 0 Å². The van der Waals surface area contributed by atoms with Gasteiger partial charge in [-0.05, 0) is 30.3 Å². The minimum atomic E-state index is -0.477. The summed E-state index contributed by atoms with van der Waals surface area (Å²) < 4.78 is 15.5. The van der Waals surface area contributed by atoms with Crippen molar-refractivity contribution in [3.05, 3.63) is 59.8 Å². The molecule has 1 N–H and O–H groups in total. The number of nitrogens with zero attached hydrogens (tertiary/aromatic N) is 2. The Balaban J connectivity index is 2.03. The summed E-state index contributed by atoms with van der Waals surface area (Å²) in [5, 5.41) is 2.48. The minimum absolute atomic E-state index is 0.166. The lowest BCUT2D eigenvalue weighted by atomic mass is 10.2. The van der Waals surface area contributed by atoms with Crippen molar-refractivity contribution in [3.63, 3.8) is 0 Å². The predicted octanol–water partition coefficient (Wildman–Crippen LogP) is 2.14. The number of rotatable bonds is 2. The highest BCUT2D eigenvalue weighted by atomic mass is 19.1. The molecule has 0 unspecified atom stereocenters. The molecule has 21 heavy (non-hydrogen) atoms. The first-order chi connectivity index (χ1) is 10.1. The lowest BCUT2D eigenvalue weighted by Gasteiger charge is -2.08. The van der Waals surface area contributed by atoms with Crippen LogP contribution in [0.4, 0.5) is 9.18 Å². The number of imide groups is 1. The molecule has 6 heteroatoms. The number of carbonyl (C=O) groups excluding carboxylic acids is 2. The zero-order chi connectivity index (χ0) is 15.0. The molecule has 1 aliphatic rings. The lowest BCUT2D eigenvalue weighted by molar-refractivity contribution is -0.121. The number of halogens is 1.